The number of carbonyl (C=O) groups is 1. The molecule has 1 aromatic heterocycles. The average molecular weight is 519 g/mol. The number of amides is 1. The maximum Gasteiger partial charge on any atom is 0.284 e. The number of aromatic nitrogens is 2. The Hall–Kier alpha value is -3.23. The highest BCUT2D eigenvalue weighted by Gasteiger charge is 2.20. The summed E-state index contributed by atoms with van der Waals surface area (Å²) in [6.07, 6.45) is 1.39. The topological polar surface area (TPSA) is 56.0 Å². The summed E-state index contributed by atoms with van der Waals surface area (Å²) >= 11 is 9.64. The zero-order chi connectivity index (χ0) is 22.8. The normalized spacial score (nSPS) is 10.9. The van der Waals surface area contributed by atoms with Gasteiger partial charge in [0.1, 0.15) is 17.2 Å². The summed E-state index contributed by atoms with van der Waals surface area (Å²) < 4.78 is 30.7. The summed E-state index contributed by atoms with van der Waals surface area (Å²) in [5.74, 6) is -2.48. The van der Waals surface area contributed by atoms with Crippen molar-refractivity contribution >= 4 is 39.1 Å². The van der Waals surface area contributed by atoms with Crippen molar-refractivity contribution in [2.45, 2.75) is 6.54 Å². The molecule has 0 radical (unpaired) electrons. The van der Waals surface area contributed by atoms with E-state index in [1.54, 1.807) is 41.1 Å². The monoisotopic (exact) mass is 517 g/mol. The third kappa shape index (κ3) is 4.66. The number of rotatable bonds is 5. The Morgan fingerprint density at radius 2 is 1.66 bits per heavy atom. The second-order valence-corrected chi connectivity index (χ2v) is 8.26. The number of hydrogen-bond acceptors (Lipinski definition) is 2. The molecule has 0 spiro atoms. The summed E-state index contributed by atoms with van der Waals surface area (Å²) in [5.41, 5.74) is 0.398. The Morgan fingerprint density at radius 3 is 2.31 bits per heavy atom. The molecule has 0 aliphatic rings. The third-order valence-electron chi connectivity index (χ3n) is 4.68. The van der Waals surface area contributed by atoms with Crippen LogP contribution in [0.1, 0.15) is 15.9 Å². The van der Waals surface area contributed by atoms with E-state index in [2.05, 4.69) is 21.2 Å². The summed E-state index contributed by atoms with van der Waals surface area (Å²) in [7, 11) is 0. The molecule has 0 aliphatic carbocycles. The first-order valence-corrected chi connectivity index (χ1v) is 10.6. The molecule has 1 N–H and O–H groups in total. The van der Waals surface area contributed by atoms with Gasteiger partial charge in [0.15, 0.2) is 0 Å². The van der Waals surface area contributed by atoms with Crippen LogP contribution >= 0.6 is 27.5 Å². The fourth-order valence-corrected chi connectivity index (χ4v) is 3.70. The highest BCUT2D eigenvalue weighted by molar-refractivity contribution is 9.10. The Morgan fingerprint density at radius 1 is 1.00 bits per heavy atom. The Balaban J connectivity index is 1.78. The van der Waals surface area contributed by atoms with Crippen molar-refractivity contribution in [3.05, 3.63) is 116 Å². The van der Waals surface area contributed by atoms with Gasteiger partial charge in [0.25, 0.3) is 11.5 Å². The van der Waals surface area contributed by atoms with Gasteiger partial charge < -0.3 is 5.32 Å². The first-order valence-electron chi connectivity index (χ1n) is 9.41. The lowest BCUT2D eigenvalue weighted by Crippen LogP contribution is -2.26. The average Bonchev–Trinajstić information content (AvgIpc) is 3.05. The van der Waals surface area contributed by atoms with Gasteiger partial charge in [0.05, 0.1) is 12.2 Å². The molecule has 4 aromatic rings. The van der Waals surface area contributed by atoms with Gasteiger partial charge in [-0.2, -0.15) is 0 Å². The molecule has 9 heteroatoms. The van der Waals surface area contributed by atoms with Gasteiger partial charge in [-0.25, -0.2) is 13.5 Å². The van der Waals surface area contributed by atoms with Crippen LogP contribution < -0.4 is 10.9 Å². The van der Waals surface area contributed by atoms with Crippen molar-refractivity contribution in [3.63, 3.8) is 0 Å². The molecule has 4 rings (SSSR count). The molecule has 3 aromatic carbocycles. The molecule has 0 bridgehead atoms. The van der Waals surface area contributed by atoms with Crippen LogP contribution in [0.15, 0.2) is 82.2 Å². The molecule has 0 atom stereocenters. The number of nitrogens with one attached hydrogen (secondary N) is 1. The molecule has 0 unspecified atom stereocenters. The predicted octanol–water partition coefficient (Wildman–Crippen LogP) is 5.63. The molecular weight excluding hydrogens is 504 g/mol. The van der Waals surface area contributed by atoms with Crippen LogP contribution in [0.5, 0.6) is 0 Å². The van der Waals surface area contributed by atoms with E-state index in [0.29, 0.717) is 16.8 Å². The Bertz CT molecular complexity index is 1350. The molecule has 5 nitrogen and oxygen atoms in total. The van der Waals surface area contributed by atoms with Crippen LogP contribution in [-0.2, 0) is 6.54 Å². The van der Waals surface area contributed by atoms with Gasteiger partial charge in [0.2, 0.25) is 0 Å². The van der Waals surface area contributed by atoms with E-state index >= 15 is 0 Å². The van der Waals surface area contributed by atoms with Crippen LogP contribution in [0.2, 0.25) is 5.02 Å². The van der Waals surface area contributed by atoms with E-state index in [9.17, 15) is 18.4 Å². The van der Waals surface area contributed by atoms with Gasteiger partial charge in [-0.05, 0) is 48.0 Å². The first-order chi connectivity index (χ1) is 15.3. The Kier molecular flexibility index (Phi) is 6.25. The summed E-state index contributed by atoms with van der Waals surface area (Å²) in [6, 6.07) is 16.8. The van der Waals surface area contributed by atoms with Crippen LogP contribution in [0.4, 0.5) is 14.5 Å². The SMILES string of the molecule is O=C(Nc1cc(F)cc(F)c1)c1cn(Cc2ccccc2Cl)n(-c2ccc(Br)cc2)c1=O. The molecule has 0 fully saturated rings. The molecule has 162 valence electrons. The number of carbonyl (C=O) groups excluding carboxylic acids is 1. The Labute approximate surface area is 195 Å². The standard InChI is InChI=1S/C23H15BrClF2N3O2/c24-15-5-7-19(8-6-15)30-23(32)20(13-29(30)12-14-3-1-2-4-21(14)25)22(31)28-18-10-16(26)9-17(27)11-18/h1-11,13H,12H2,(H,28,31). The lowest BCUT2D eigenvalue weighted by Gasteiger charge is -2.12. The summed E-state index contributed by atoms with van der Waals surface area (Å²) in [4.78, 5) is 26.0. The number of anilines is 1. The maximum atomic E-state index is 13.5. The van der Waals surface area contributed by atoms with Crippen LogP contribution in [0.25, 0.3) is 5.69 Å². The van der Waals surface area contributed by atoms with Crippen LogP contribution in [0.3, 0.4) is 0 Å². The minimum atomic E-state index is -0.844. The fraction of sp³-hybridized carbons (Fsp3) is 0.0435. The van der Waals surface area contributed by atoms with Crippen molar-refractivity contribution in [2.24, 2.45) is 0 Å². The van der Waals surface area contributed by atoms with E-state index in [-0.39, 0.29) is 17.8 Å². The lowest BCUT2D eigenvalue weighted by molar-refractivity contribution is 0.102. The second-order valence-electron chi connectivity index (χ2n) is 6.94. The van der Waals surface area contributed by atoms with Gasteiger partial charge in [-0.15, -0.1) is 0 Å². The third-order valence-corrected chi connectivity index (χ3v) is 5.58. The molecule has 0 saturated heterocycles. The summed E-state index contributed by atoms with van der Waals surface area (Å²) in [6.45, 7) is 0.215. The van der Waals surface area contributed by atoms with Gasteiger partial charge in [-0.1, -0.05) is 45.7 Å². The van der Waals surface area contributed by atoms with E-state index in [4.69, 9.17) is 11.6 Å². The molecule has 0 saturated carbocycles. The zero-order valence-corrected chi connectivity index (χ0v) is 18.7. The molecule has 32 heavy (non-hydrogen) atoms. The predicted molar refractivity (Wildman–Crippen MR) is 123 cm³/mol. The zero-order valence-electron chi connectivity index (χ0n) is 16.4. The van der Waals surface area contributed by atoms with E-state index in [1.165, 1.54) is 10.9 Å². The highest BCUT2D eigenvalue weighted by Crippen LogP contribution is 2.19. The smallest absolute Gasteiger partial charge is 0.284 e. The number of hydrogen-bond donors (Lipinski definition) is 1. The van der Waals surface area contributed by atoms with Crippen LogP contribution in [0, 0.1) is 11.6 Å². The molecule has 1 amide bonds. The summed E-state index contributed by atoms with van der Waals surface area (Å²) in [5, 5.41) is 2.89. The van der Waals surface area contributed by atoms with Crippen molar-refractivity contribution in [1.82, 2.24) is 9.36 Å². The molecule has 1 heterocycles. The van der Waals surface area contributed by atoms with Gasteiger partial charge in [0, 0.05) is 27.4 Å². The minimum Gasteiger partial charge on any atom is -0.322 e. The van der Waals surface area contributed by atoms with E-state index in [0.717, 1.165) is 22.2 Å². The second kappa shape index (κ2) is 9.10. The highest BCUT2D eigenvalue weighted by atomic mass is 79.9. The molecular formula is C23H15BrClF2N3O2. The van der Waals surface area contributed by atoms with E-state index in [1.807, 2.05) is 12.1 Å². The lowest BCUT2D eigenvalue weighted by atomic mass is 10.2. The van der Waals surface area contributed by atoms with E-state index < -0.39 is 23.1 Å². The first kappa shape index (κ1) is 22.0. The maximum absolute atomic E-state index is 13.5. The van der Waals surface area contributed by atoms with Gasteiger partial charge >= 0.3 is 0 Å². The van der Waals surface area contributed by atoms with Crippen molar-refractivity contribution in [1.29, 1.82) is 0 Å². The number of nitrogens with zero attached hydrogens (tertiary/aromatic N) is 2. The minimum absolute atomic E-state index is 0.0963. The van der Waals surface area contributed by atoms with Crippen molar-refractivity contribution < 1.29 is 13.6 Å². The number of benzene rings is 3. The van der Waals surface area contributed by atoms with Crippen molar-refractivity contribution in [2.75, 3.05) is 5.32 Å². The molecule has 0 aliphatic heterocycles. The van der Waals surface area contributed by atoms with Crippen LogP contribution in [-0.4, -0.2) is 15.3 Å². The largest absolute Gasteiger partial charge is 0.322 e. The van der Waals surface area contributed by atoms with Crippen molar-refractivity contribution in [3.8, 4) is 5.69 Å². The van der Waals surface area contributed by atoms with Gasteiger partial charge in [-0.3, -0.25) is 14.3 Å². The quantitative estimate of drug-likeness (QED) is 0.372. The number of halogens is 4. The fourth-order valence-electron chi connectivity index (χ4n) is 3.24.